The van der Waals surface area contributed by atoms with Crippen molar-refractivity contribution in [2.75, 3.05) is 0 Å². The van der Waals surface area contributed by atoms with Gasteiger partial charge in [0, 0.05) is 0 Å². The van der Waals surface area contributed by atoms with E-state index in [0.29, 0.717) is 0 Å². The molecule has 2 aromatic rings. The van der Waals surface area contributed by atoms with Crippen LogP contribution in [0.1, 0.15) is 0 Å². The highest BCUT2D eigenvalue weighted by molar-refractivity contribution is 6.63. The van der Waals surface area contributed by atoms with Crippen LogP contribution < -0.4 is 0 Å². The molecule has 0 amide bonds. The highest BCUT2D eigenvalue weighted by Gasteiger charge is 1.91. The molecule has 16 heavy (non-hydrogen) atoms. The largest absolute Gasteiger partial charge is 0.180 e. The van der Waals surface area contributed by atoms with Crippen LogP contribution >= 0.6 is 34.8 Å². The number of alkyl halides is 3. The van der Waals surface area contributed by atoms with E-state index in [1.165, 1.54) is 11.1 Å². The van der Waals surface area contributed by atoms with E-state index in [4.69, 9.17) is 34.8 Å². The first-order valence-corrected chi connectivity index (χ1v) is 6.04. The zero-order valence-corrected chi connectivity index (χ0v) is 10.8. The quantitative estimate of drug-likeness (QED) is 0.615. The first-order chi connectivity index (χ1) is 7.70. The topological polar surface area (TPSA) is 0 Å². The Morgan fingerprint density at radius 2 is 0.812 bits per heavy atom. The molecule has 0 spiro atoms. The zero-order chi connectivity index (χ0) is 11.8. The lowest BCUT2D eigenvalue weighted by atomic mass is 10.1. The maximum Gasteiger partial charge on any atom is 0.180 e. The minimum Gasteiger partial charge on any atom is -0.0874 e. The van der Waals surface area contributed by atoms with Gasteiger partial charge in [-0.05, 0) is 11.1 Å². The van der Waals surface area contributed by atoms with Gasteiger partial charge in [-0.3, -0.25) is 0 Å². The Morgan fingerprint density at radius 3 is 1.06 bits per heavy atom. The minimum absolute atomic E-state index is 0.750. The number of halogens is 3. The summed E-state index contributed by atoms with van der Waals surface area (Å²) in [5.41, 5.74) is 2.55. The number of hydrogen-bond acceptors (Lipinski definition) is 0. The van der Waals surface area contributed by atoms with Crippen LogP contribution in [-0.4, -0.2) is 4.30 Å². The van der Waals surface area contributed by atoms with Gasteiger partial charge in [-0.2, -0.15) is 0 Å². The fraction of sp³-hybridized carbons (Fsp3) is 0.0769. The van der Waals surface area contributed by atoms with Gasteiger partial charge in [0.05, 0.1) is 0 Å². The van der Waals surface area contributed by atoms with E-state index < -0.39 is 4.30 Å². The highest BCUT2D eigenvalue weighted by Crippen LogP contribution is 2.17. The van der Waals surface area contributed by atoms with E-state index in [-0.39, 0.29) is 0 Å². The first-order valence-electron chi connectivity index (χ1n) is 4.73. The molecule has 3 heteroatoms. The summed E-state index contributed by atoms with van der Waals surface area (Å²) in [5, 5.41) is 0. The summed E-state index contributed by atoms with van der Waals surface area (Å²) in [6.07, 6.45) is 0. The van der Waals surface area contributed by atoms with Gasteiger partial charge in [0.15, 0.2) is 4.30 Å². The van der Waals surface area contributed by atoms with Gasteiger partial charge in [-0.15, -0.1) is 0 Å². The van der Waals surface area contributed by atoms with Gasteiger partial charge in [-0.25, -0.2) is 0 Å². The third kappa shape index (κ3) is 5.41. The SMILES string of the molecule is ClC(Cl)Cl.c1ccc(-c2ccccc2)cc1. The molecule has 0 aliphatic heterocycles. The molecule has 0 aliphatic carbocycles. The fourth-order valence-corrected chi connectivity index (χ4v) is 1.26. The summed E-state index contributed by atoms with van der Waals surface area (Å²) in [6, 6.07) is 20.8. The van der Waals surface area contributed by atoms with E-state index in [1.807, 2.05) is 12.1 Å². The van der Waals surface area contributed by atoms with Crippen molar-refractivity contribution in [3.63, 3.8) is 0 Å². The van der Waals surface area contributed by atoms with Gasteiger partial charge in [0.25, 0.3) is 0 Å². The lowest BCUT2D eigenvalue weighted by molar-refractivity contribution is 1.62. The molecule has 0 unspecified atom stereocenters. The molecule has 0 atom stereocenters. The molecule has 0 fully saturated rings. The van der Waals surface area contributed by atoms with Gasteiger partial charge in [0.1, 0.15) is 0 Å². The van der Waals surface area contributed by atoms with Crippen LogP contribution in [0.15, 0.2) is 60.7 Å². The summed E-state index contributed by atoms with van der Waals surface area (Å²) in [4.78, 5) is 0. The van der Waals surface area contributed by atoms with E-state index in [0.717, 1.165) is 0 Å². The molecule has 0 aromatic heterocycles. The van der Waals surface area contributed by atoms with E-state index in [2.05, 4.69) is 48.5 Å². The maximum absolute atomic E-state index is 4.81. The molecule has 0 bridgehead atoms. The zero-order valence-electron chi connectivity index (χ0n) is 8.48. The van der Waals surface area contributed by atoms with E-state index >= 15 is 0 Å². The summed E-state index contributed by atoms with van der Waals surface area (Å²) in [6.45, 7) is 0. The van der Waals surface area contributed by atoms with Crippen molar-refractivity contribution in [3.05, 3.63) is 60.7 Å². The first kappa shape index (κ1) is 13.4. The van der Waals surface area contributed by atoms with Crippen molar-refractivity contribution >= 4 is 34.8 Å². The van der Waals surface area contributed by atoms with Crippen molar-refractivity contribution in [3.8, 4) is 11.1 Å². The Bertz CT molecular complexity index is 344. The molecule has 2 rings (SSSR count). The molecule has 0 saturated carbocycles. The molecule has 2 aromatic carbocycles. The molecular formula is C13H11Cl3. The summed E-state index contributed by atoms with van der Waals surface area (Å²) in [7, 11) is 0. The lowest BCUT2D eigenvalue weighted by Gasteiger charge is -1.98. The Kier molecular flexibility index (Phi) is 6.32. The average Bonchev–Trinajstić information content (AvgIpc) is 2.31. The Labute approximate surface area is 111 Å². The number of hydrogen-bond donors (Lipinski definition) is 0. The predicted octanol–water partition coefficient (Wildman–Crippen LogP) is 5.34. The molecule has 0 heterocycles. The minimum atomic E-state index is -0.750. The second-order valence-corrected chi connectivity index (χ2v) is 4.96. The Morgan fingerprint density at radius 1 is 0.562 bits per heavy atom. The Balaban J connectivity index is 0.000000280. The molecule has 0 nitrogen and oxygen atoms in total. The van der Waals surface area contributed by atoms with E-state index in [9.17, 15) is 0 Å². The Hall–Kier alpha value is -0.690. The van der Waals surface area contributed by atoms with Crippen LogP contribution in [0.4, 0.5) is 0 Å². The molecule has 0 radical (unpaired) electrons. The van der Waals surface area contributed by atoms with Crippen molar-refractivity contribution in [2.45, 2.75) is 4.30 Å². The van der Waals surface area contributed by atoms with Crippen LogP contribution in [0, 0.1) is 0 Å². The van der Waals surface area contributed by atoms with Crippen LogP contribution in [-0.2, 0) is 0 Å². The summed E-state index contributed by atoms with van der Waals surface area (Å²) < 4.78 is -0.750. The number of benzene rings is 2. The normalized spacial score (nSPS) is 9.50. The summed E-state index contributed by atoms with van der Waals surface area (Å²) in [5.74, 6) is 0. The van der Waals surface area contributed by atoms with Crippen LogP contribution in [0.25, 0.3) is 11.1 Å². The maximum atomic E-state index is 4.81. The molecule has 0 N–H and O–H groups in total. The average molecular weight is 274 g/mol. The monoisotopic (exact) mass is 272 g/mol. The second-order valence-electron chi connectivity index (χ2n) is 2.98. The molecule has 0 saturated heterocycles. The van der Waals surface area contributed by atoms with Crippen LogP contribution in [0.5, 0.6) is 0 Å². The van der Waals surface area contributed by atoms with Gasteiger partial charge < -0.3 is 0 Å². The molecule has 84 valence electrons. The van der Waals surface area contributed by atoms with Crippen molar-refractivity contribution in [1.82, 2.24) is 0 Å². The van der Waals surface area contributed by atoms with E-state index in [1.54, 1.807) is 0 Å². The van der Waals surface area contributed by atoms with Crippen molar-refractivity contribution in [2.24, 2.45) is 0 Å². The third-order valence-corrected chi connectivity index (χ3v) is 1.88. The molecular weight excluding hydrogens is 263 g/mol. The van der Waals surface area contributed by atoms with Gasteiger partial charge in [0.2, 0.25) is 0 Å². The third-order valence-electron chi connectivity index (χ3n) is 1.88. The van der Waals surface area contributed by atoms with Crippen LogP contribution in [0.3, 0.4) is 0 Å². The summed E-state index contributed by atoms with van der Waals surface area (Å²) >= 11 is 14.4. The predicted molar refractivity (Wildman–Crippen MR) is 73.2 cm³/mol. The molecule has 0 aliphatic rings. The lowest BCUT2D eigenvalue weighted by Crippen LogP contribution is -1.73. The smallest absolute Gasteiger partial charge is 0.0874 e. The number of rotatable bonds is 1. The van der Waals surface area contributed by atoms with Crippen molar-refractivity contribution < 1.29 is 0 Å². The fourth-order valence-electron chi connectivity index (χ4n) is 1.26. The second kappa shape index (κ2) is 7.56. The highest BCUT2D eigenvalue weighted by atomic mass is 35.6. The van der Waals surface area contributed by atoms with Crippen LogP contribution in [0.2, 0.25) is 0 Å². The van der Waals surface area contributed by atoms with Gasteiger partial charge in [-0.1, -0.05) is 95.5 Å². The van der Waals surface area contributed by atoms with Crippen molar-refractivity contribution in [1.29, 1.82) is 0 Å². The van der Waals surface area contributed by atoms with Gasteiger partial charge >= 0.3 is 0 Å². The standard InChI is InChI=1S/C12H10.CHCl3/c1-3-7-11(8-4-1)12-9-5-2-6-10-12;2-1(3)4/h1-10H;1H.